The van der Waals surface area contributed by atoms with E-state index >= 15 is 0 Å². The summed E-state index contributed by atoms with van der Waals surface area (Å²) in [7, 11) is 0. The molecule has 0 radical (unpaired) electrons. The Balaban J connectivity index is 1.02. The molecule has 5 N–H and O–H groups in total. The highest BCUT2D eigenvalue weighted by molar-refractivity contribution is 5.78. The van der Waals surface area contributed by atoms with Gasteiger partial charge in [0, 0.05) is 18.0 Å². The van der Waals surface area contributed by atoms with E-state index in [0.717, 1.165) is 42.5 Å². The maximum Gasteiger partial charge on any atom is 0.223 e. The van der Waals surface area contributed by atoms with E-state index in [-0.39, 0.29) is 18.4 Å². The lowest BCUT2D eigenvalue weighted by Gasteiger charge is -2.39. The average molecular weight is 623 g/mol. The second-order valence-electron chi connectivity index (χ2n) is 11.0. The number of aliphatic hydroxyl groups excluding tert-OH is 4. The zero-order chi connectivity index (χ0) is 31.1. The lowest BCUT2D eigenvalue weighted by atomic mass is 9.99. The molecule has 14 heteroatoms. The summed E-state index contributed by atoms with van der Waals surface area (Å²) in [6, 6.07) is 7.74. The van der Waals surface area contributed by atoms with Crippen molar-refractivity contribution in [1.29, 1.82) is 0 Å². The molecule has 14 nitrogen and oxygen atoms in total. The van der Waals surface area contributed by atoms with Gasteiger partial charge >= 0.3 is 0 Å². The van der Waals surface area contributed by atoms with Crippen LogP contribution in [0.3, 0.4) is 0 Å². The summed E-state index contributed by atoms with van der Waals surface area (Å²) in [5.74, 6) is 0.329. The number of benzene rings is 1. The molecule has 4 rings (SSSR count). The smallest absolute Gasteiger partial charge is 0.223 e. The van der Waals surface area contributed by atoms with E-state index in [1.807, 2.05) is 30.5 Å². The normalized spacial score (nSPS) is 24.1. The molecule has 2 aliphatic rings. The molecule has 246 valence electrons. The van der Waals surface area contributed by atoms with E-state index < -0.39 is 37.3 Å². The summed E-state index contributed by atoms with van der Waals surface area (Å²) in [5.41, 5.74) is 2.62. The summed E-state index contributed by atoms with van der Waals surface area (Å²) in [4.78, 5) is 11.9. The predicted molar refractivity (Wildman–Crippen MR) is 156 cm³/mol. The largest absolute Gasteiger partial charge is 0.394 e. The molecular weight excluding hydrogens is 576 g/mol. The van der Waals surface area contributed by atoms with Gasteiger partial charge in [-0.1, -0.05) is 42.3 Å². The molecule has 44 heavy (non-hydrogen) atoms. The fraction of sp³-hybridized carbons (Fsp3) is 0.700. The van der Waals surface area contributed by atoms with Gasteiger partial charge in [0.25, 0.3) is 0 Å². The minimum atomic E-state index is -1.46. The molecule has 1 saturated carbocycles. The molecule has 2 aromatic rings. The summed E-state index contributed by atoms with van der Waals surface area (Å²) in [6.07, 6.45) is 0.233. The van der Waals surface area contributed by atoms with E-state index in [2.05, 4.69) is 15.6 Å². The Morgan fingerprint density at radius 2 is 1.59 bits per heavy atom. The van der Waals surface area contributed by atoms with Crippen LogP contribution in [-0.4, -0.2) is 131 Å². The molecule has 2 heterocycles. The van der Waals surface area contributed by atoms with E-state index in [0.29, 0.717) is 59.2 Å². The second-order valence-corrected chi connectivity index (χ2v) is 11.0. The molecule has 0 bridgehead atoms. The van der Waals surface area contributed by atoms with Crippen LogP contribution in [0, 0.1) is 5.92 Å². The number of aromatic nitrogens is 3. The fourth-order valence-corrected chi connectivity index (χ4v) is 5.16. The van der Waals surface area contributed by atoms with Crippen LogP contribution >= 0.6 is 0 Å². The number of hydrogen-bond acceptors (Lipinski definition) is 12. The molecule has 1 aromatic heterocycles. The Bertz CT molecular complexity index is 1100. The summed E-state index contributed by atoms with van der Waals surface area (Å²) >= 11 is 0. The van der Waals surface area contributed by atoms with E-state index in [1.54, 1.807) is 4.68 Å². The van der Waals surface area contributed by atoms with Crippen molar-refractivity contribution in [1.82, 2.24) is 20.3 Å². The molecule has 1 aromatic carbocycles. The monoisotopic (exact) mass is 622 g/mol. The highest BCUT2D eigenvalue weighted by atomic mass is 16.7. The standard InChI is InChI=1S/C30H46N4O10/c35-20-25-26(36)27(37)28(38)30(44-25)43-12-9-21-5-7-22(8-6-21)24-19-34(33-32-24)11-14-41-16-18-42-17-15-40-13-10-31-29(39)23-3-1-2-4-23/h5-8,19,23,25-28,30,35-38H,1-4,9-18,20H2,(H,31,39)/t25-,26-,27+,28-,30-/m1/s1. The van der Waals surface area contributed by atoms with E-state index in [4.69, 9.17) is 23.7 Å². The van der Waals surface area contributed by atoms with Gasteiger partial charge in [-0.15, -0.1) is 5.10 Å². The van der Waals surface area contributed by atoms with Crippen LogP contribution in [0.2, 0.25) is 0 Å². The van der Waals surface area contributed by atoms with E-state index in [1.165, 1.54) is 0 Å². The van der Waals surface area contributed by atoms with Crippen LogP contribution in [0.1, 0.15) is 31.2 Å². The number of nitrogens with zero attached hydrogens (tertiary/aromatic N) is 3. The maximum atomic E-state index is 11.9. The second kappa shape index (κ2) is 18.4. The van der Waals surface area contributed by atoms with Gasteiger partial charge in [-0.25, -0.2) is 4.68 Å². The Morgan fingerprint density at radius 1 is 0.909 bits per heavy atom. The van der Waals surface area contributed by atoms with Crippen molar-refractivity contribution < 1.29 is 48.9 Å². The molecule has 0 spiro atoms. The lowest BCUT2D eigenvalue weighted by Crippen LogP contribution is -2.59. The van der Waals surface area contributed by atoms with Gasteiger partial charge in [-0.3, -0.25) is 4.79 Å². The molecule has 2 fully saturated rings. The average Bonchev–Trinajstić information content (AvgIpc) is 3.75. The number of nitrogens with one attached hydrogen (secondary N) is 1. The van der Waals surface area contributed by atoms with Crippen molar-refractivity contribution in [2.24, 2.45) is 5.92 Å². The summed E-state index contributed by atoms with van der Waals surface area (Å²) in [5, 5.41) is 50.4. The SMILES string of the molecule is O=C(NCCOCCOCCOCCn1cc(-c2ccc(CCO[C@@H]3O[C@H](CO)[C@@H](O)[C@H](O)[C@H]3O)cc2)nn1)C1CCCC1. The van der Waals surface area contributed by atoms with Gasteiger partial charge in [0.1, 0.15) is 30.1 Å². The van der Waals surface area contributed by atoms with Crippen LogP contribution in [-0.2, 0) is 41.4 Å². The van der Waals surface area contributed by atoms with Gasteiger partial charge in [-0.2, -0.15) is 0 Å². The molecule has 1 saturated heterocycles. The fourth-order valence-electron chi connectivity index (χ4n) is 5.16. The number of ether oxygens (including phenoxy) is 5. The van der Waals surface area contributed by atoms with Crippen molar-refractivity contribution in [3.63, 3.8) is 0 Å². The Hall–Kier alpha value is -2.53. The highest BCUT2D eigenvalue weighted by Crippen LogP contribution is 2.25. The third-order valence-corrected chi connectivity index (χ3v) is 7.79. The summed E-state index contributed by atoms with van der Waals surface area (Å²) < 4.78 is 29.3. The number of carbonyl (C=O) groups is 1. The molecule has 5 atom stereocenters. The van der Waals surface area contributed by atoms with Gasteiger partial charge in [0.2, 0.25) is 5.91 Å². The van der Waals surface area contributed by atoms with Crippen LogP contribution in [0.25, 0.3) is 11.3 Å². The quantitative estimate of drug-likeness (QED) is 0.129. The van der Waals surface area contributed by atoms with Gasteiger partial charge < -0.3 is 49.4 Å². The first-order chi connectivity index (χ1) is 21.5. The highest BCUT2D eigenvalue weighted by Gasteiger charge is 2.43. The Labute approximate surface area is 257 Å². The lowest BCUT2D eigenvalue weighted by molar-refractivity contribution is -0.300. The van der Waals surface area contributed by atoms with E-state index in [9.17, 15) is 25.2 Å². The topological polar surface area (TPSA) is 187 Å². The van der Waals surface area contributed by atoms with Crippen molar-refractivity contribution in [3.8, 4) is 11.3 Å². The first-order valence-electron chi connectivity index (χ1n) is 15.4. The van der Waals surface area contributed by atoms with Gasteiger partial charge in [0.05, 0.1) is 65.6 Å². The number of rotatable bonds is 19. The first-order valence-corrected chi connectivity index (χ1v) is 15.4. The van der Waals surface area contributed by atoms with Crippen molar-refractivity contribution >= 4 is 5.91 Å². The van der Waals surface area contributed by atoms with Gasteiger partial charge in [0.15, 0.2) is 6.29 Å². The molecular formula is C30H46N4O10. The molecule has 1 aliphatic heterocycles. The summed E-state index contributed by atoms with van der Waals surface area (Å²) in [6.45, 7) is 3.59. The van der Waals surface area contributed by atoms with Crippen LogP contribution in [0.5, 0.6) is 0 Å². The molecule has 1 aliphatic carbocycles. The van der Waals surface area contributed by atoms with Crippen LogP contribution in [0.15, 0.2) is 30.5 Å². The maximum absolute atomic E-state index is 11.9. The van der Waals surface area contributed by atoms with Gasteiger partial charge in [-0.05, 0) is 24.8 Å². The minimum absolute atomic E-state index is 0.147. The number of aliphatic hydroxyl groups is 4. The number of carbonyl (C=O) groups excluding carboxylic acids is 1. The number of amides is 1. The predicted octanol–water partition coefficient (Wildman–Crippen LogP) is -0.340. The Kier molecular flexibility index (Phi) is 14.4. The molecule has 1 amide bonds. The van der Waals surface area contributed by atoms with Crippen molar-refractivity contribution in [2.45, 2.75) is 69.4 Å². The minimum Gasteiger partial charge on any atom is -0.394 e. The van der Waals surface area contributed by atoms with Crippen molar-refractivity contribution in [2.75, 3.05) is 59.4 Å². The van der Waals surface area contributed by atoms with Crippen LogP contribution in [0.4, 0.5) is 0 Å². The third-order valence-electron chi connectivity index (χ3n) is 7.79. The zero-order valence-corrected chi connectivity index (χ0v) is 25.0. The third kappa shape index (κ3) is 10.5. The molecule has 0 unspecified atom stereocenters. The Morgan fingerprint density at radius 3 is 2.30 bits per heavy atom. The van der Waals surface area contributed by atoms with Crippen molar-refractivity contribution in [3.05, 3.63) is 36.0 Å². The van der Waals surface area contributed by atoms with Crippen LogP contribution < -0.4 is 5.32 Å². The first kappa shape index (κ1) is 34.3. The number of hydrogen-bond donors (Lipinski definition) is 5. The zero-order valence-electron chi connectivity index (χ0n) is 25.0.